The second-order valence-corrected chi connectivity index (χ2v) is 7.72. The molecule has 2 fully saturated rings. The third-order valence-electron chi connectivity index (χ3n) is 4.78. The van der Waals surface area contributed by atoms with Crippen LogP contribution in [0.4, 0.5) is 0 Å². The summed E-state index contributed by atoms with van der Waals surface area (Å²) in [5.74, 6) is 4.37. The van der Waals surface area contributed by atoms with E-state index >= 15 is 0 Å². The number of nitrogens with zero attached hydrogens (tertiary/aromatic N) is 1. The Hall–Kier alpha value is -0.910. The fourth-order valence-corrected chi connectivity index (χ4v) is 4.63. The van der Waals surface area contributed by atoms with Gasteiger partial charge in [0.1, 0.15) is 11.5 Å². The first-order valence-corrected chi connectivity index (χ1v) is 9.70. The van der Waals surface area contributed by atoms with Crippen molar-refractivity contribution < 1.29 is 9.47 Å². The molecule has 0 aromatic heterocycles. The van der Waals surface area contributed by atoms with E-state index in [1.165, 1.54) is 42.9 Å². The summed E-state index contributed by atoms with van der Waals surface area (Å²) in [6.07, 6.45) is 3.91. The molecule has 128 valence electrons. The van der Waals surface area contributed by atoms with Crippen molar-refractivity contribution in [2.75, 3.05) is 38.8 Å². The van der Waals surface area contributed by atoms with Gasteiger partial charge in [0, 0.05) is 37.8 Å². The minimum absolute atomic E-state index is 0.649. The van der Waals surface area contributed by atoms with E-state index in [2.05, 4.69) is 34.1 Å². The number of benzene rings is 1. The Bertz CT molecular complexity index is 484. The van der Waals surface area contributed by atoms with E-state index in [0.29, 0.717) is 6.04 Å². The van der Waals surface area contributed by atoms with Crippen molar-refractivity contribution in [2.45, 2.75) is 37.9 Å². The Morgan fingerprint density at radius 1 is 1.04 bits per heavy atom. The molecule has 0 bridgehead atoms. The summed E-state index contributed by atoms with van der Waals surface area (Å²) >= 11 is 2.09. The van der Waals surface area contributed by atoms with Crippen molar-refractivity contribution in [1.82, 2.24) is 10.2 Å². The molecule has 1 aromatic carbocycles. The molecule has 0 radical (unpaired) electrons. The molecule has 0 amide bonds. The van der Waals surface area contributed by atoms with Crippen LogP contribution in [0, 0.1) is 0 Å². The molecule has 3 rings (SSSR count). The van der Waals surface area contributed by atoms with Crippen LogP contribution in [-0.4, -0.2) is 55.8 Å². The highest BCUT2D eigenvalue weighted by molar-refractivity contribution is 7.99. The number of hydrogen-bond donors (Lipinski definition) is 1. The summed E-state index contributed by atoms with van der Waals surface area (Å²) in [5, 5.41) is 3.87. The second kappa shape index (κ2) is 8.27. The van der Waals surface area contributed by atoms with Gasteiger partial charge in [-0.25, -0.2) is 0 Å². The van der Waals surface area contributed by atoms with Gasteiger partial charge in [0.15, 0.2) is 0 Å². The highest BCUT2D eigenvalue weighted by Gasteiger charge is 2.25. The zero-order valence-electron chi connectivity index (χ0n) is 14.2. The number of methoxy groups -OCH3 is 2. The number of nitrogens with one attached hydrogen (secondary N) is 1. The standard InChI is InChI=1S/C18H28N2O2S/c1-21-17-9-14(10-18(11-17)22-2)12-20-6-3-16(13-20)19-15-4-7-23-8-5-15/h9-11,15-16,19H,3-8,12-13H2,1-2H3. The Kier molecular flexibility index (Phi) is 6.08. The lowest BCUT2D eigenvalue weighted by atomic mass is 10.1. The lowest BCUT2D eigenvalue weighted by Crippen LogP contribution is -2.41. The van der Waals surface area contributed by atoms with E-state index < -0.39 is 0 Å². The average molecular weight is 337 g/mol. The summed E-state index contributed by atoms with van der Waals surface area (Å²) in [4.78, 5) is 2.53. The molecule has 0 saturated carbocycles. The van der Waals surface area contributed by atoms with E-state index in [1.54, 1.807) is 14.2 Å². The van der Waals surface area contributed by atoms with E-state index in [4.69, 9.17) is 9.47 Å². The summed E-state index contributed by atoms with van der Waals surface area (Å²) in [5.41, 5.74) is 1.26. The predicted octanol–water partition coefficient (Wildman–Crippen LogP) is 2.76. The van der Waals surface area contributed by atoms with E-state index in [1.807, 2.05) is 6.07 Å². The SMILES string of the molecule is COc1cc(CN2CCC(NC3CCSCC3)C2)cc(OC)c1. The van der Waals surface area contributed by atoms with Gasteiger partial charge in [-0.05, 0) is 48.5 Å². The molecule has 1 atom stereocenters. The Balaban J connectivity index is 1.53. The molecule has 2 saturated heterocycles. The first-order valence-electron chi connectivity index (χ1n) is 8.55. The molecule has 4 nitrogen and oxygen atoms in total. The van der Waals surface area contributed by atoms with Crippen LogP contribution >= 0.6 is 11.8 Å². The monoisotopic (exact) mass is 336 g/mol. The van der Waals surface area contributed by atoms with Gasteiger partial charge in [0.05, 0.1) is 14.2 Å². The van der Waals surface area contributed by atoms with Gasteiger partial charge in [-0.1, -0.05) is 0 Å². The van der Waals surface area contributed by atoms with Crippen LogP contribution < -0.4 is 14.8 Å². The topological polar surface area (TPSA) is 33.7 Å². The Morgan fingerprint density at radius 2 is 1.74 bits per heavy atom. The maximum atomic E-state index is 5.37. The summed E-state index contributed by atoms with van der Waals surface area (Å²) in [6.45, 7) is 3.27. The zero-order chi connectivity index (χ0) is 16.1. The maximum Gasteiger partial charge on any atom is 0.122 e. The fraction of sp³-hybridized carbons (Fsp3) is 0.667. The van der Waals surface area contributed by atoms with Crippen molar-refractivity contribution >= 4 is 11.8 Å². The van der Waals surface area contributed by atoms with Crippen molar-refractivity contribution in [3.8, 4) is 11.5 Å². The lowest BCUT2D eigenvalue weighted by molar-refractivity contribution is 0.310. The molecule has 1 unspecified atom stereocenters. The van der Waals surface area contributed by atoms with Crippen LogP contribution in [0.2, 0.25) is 0 Å². The number of rotatable bonds is 6. The smallest absolute Gasteiger partial charge is 0.122 e. The molecular weight excluding hydrogens is 308 g/mol. The van der Waals surface area contributed by atoms with Crippen molar-refractivity contribution in [2.24, 2.45) is 0 Å². The van der Waals surface area contributed by atoms with Crippen LogP contribution in [0.1, 0.15) is 24.8 Å². The largest absolute Gasteiger partial charge is 0.497 e. The predicted molar refractivity (Wildman–Crippen MR) is 96.7 cm³/mol. The van der Waals surface area contributed by atoms with Crippen molar-refractivity contribution in [3.05, 3.63) is 23.8 Å². The van der Waals surface area contributed by atoms with Gasteiger partial charge in [-0.2, -0.15) is 11.8 Å². The highest BCUT2D eigenvalue weighted by atomic mass is 32.2. The normalized spacial score (nSPS) is 23.1. The van der Waals surface area contributed by atoms with Crippen LogP contribution in [0.25, 0.3) is 0 Å². The van der Waals surface area contributed by atoms with Crippen molar-refractivity contribution in [1.29, 1.82) is 0 Å². The van der Waals surface area contributed by atoms with Gasteiger partial charge in [-0.3, -0.25) is 4.90 Å². The quantitative estimate of drug-likeness (QED) is 0.864. The highest BCUT2D eigenvalue weighted by Crippen LogP contribution is 2.25. The molecule has 2 heterocycles. The van der Waals surface area contributed by atoms with Crippen LogP contribution in [0.15, 0.2) is 18.2 Å². The van der Waals surface area contributed by atoms with E-state index in [-0.39, 0.29) is 0 Å². The number of thioether (sulfide) groups is 1. The molecule has 23 heavy (non-hydrogen) atoms. The molecule has 0 spiro atoms. The van der Waals surface area contributed by atoms with Crippen LogP contribution in [0.5, 0.6) is 11.5 Å². The zero-order valence-corrected chi connectivity index (χ0v) is 15.0. The van der Waals surface area contributed by atoms with Gasteiger partial charge in [-0.15, -0.1) is 0 Å². The molecule has 1 aromatic rings. The van der Waals surface area contributed by atoms with Gasteiger partial charge >= 0.3 is 0 Å². The minimum Gasteiger partial charge on any atom is -0.497 e. The number of ether oxygens (including phenoxy) is 2. The molecule has 2 aliphatic heterocycles. The second-order valence-electron chi connectivity index (χ2n) is 6.49. The maximum absolute atomic E-state index is 5.37. The third kappa shape index (κ3) is 4.78. The van der Waals surface area contributed by atoms with Crippen LogP contribution in [-0.2, 0) is 6.54 Å². The molecular formula is C18H28N2O2S. The first-order chi connectivity index (χ1) is 11.3. The number of hydrogen-bond acceptors (Lipinski definition) is 5. The number of likely N-dealkylation sites (tertiary alicyclic amines) is 1. The third-order valence-corrected chi connectivity index (χ3v) is 5.83. The Morgan fingerprint density at radius 3 is 2.39 bits per heavy atom. The van der Waals surface area contributed by atoms with Gasteiger partial charge in [0.25, 0.3) is 0 Å². The summed E-state index contributed by atoms with van der Waals surface area (Å²) in [7, 11) is 3.41. The summed E-state index contributed by atoms with van der Waals surface area (Å²) in [6, 6.07) is 7.54. The van der Waals surface area contributed by atoms with Crippen LogP contribution in [0.3, 0.4) is 0 Å². The van der Waals surface area contributed by atoms with E-state index in [0.717, 1.165) is 30.6 Å². The minimum atomic E-state index is 0.649. The average Bonchev–Trinajstić information content (AvgIpc) is 3.02. The molecule has 2 aliphatic rings. The summed E-state index contributed by atoms with van der Waals surface area (Å²) < 4.78 is 10.7. The first kappa shape index (κ1) is 16.9. The van der Waals surface area contributed by atoms with E-state index in [9.17, 15) is 0 Å². The molecule has 0 aliphatic carbocycles. The van der Waals surface area contributed by atoms with Gasteiger partial charge < -0.3 is 14.8 Å². The molecule has 5 heteroatoms. The lowest BCUT2D eigenvalue weighted by Gasteiger charge is -2.26. The Labute approximate surface area is 143 Å². The van der Waals surface area contributed by atoms with Crippen molar-refractivity contribution in [3.63, 3.8) is 0 Å². The molecule has 1 N–H and O–H groups in total. The van der Waals surface area contributed by atoms with Gasteiger partial charge in [0.2, 0.25) is 0 Å². The fourth-order valence-electron chi connectivity index (χ4n) is 3.53.